The second kappa shape index (κ2) is 4.08. The zero-order valence-electron chi connectivity index (χ0n) is 8.32. The number of rotatable bonds is 2. The van der Waals surface area contributed by atoms with E-state index in [4.69, 9.17) is 4.42 Å². The first-order chi connectivity index (χ1) is 7.96. The Morgan fingerprint density at radius 1 is 1.47 bits per heavy atom. The van der Waals surface area contributed by atoms with Crippen molar-refractivity contribution in [1.29, 1.82) is 0 Å². The number of hydrogen-bond acceptors (Lipinski definition) is 4. The number of nitrogens with zero attached hydrogens (tertiary/aromatic N) is 1. The lowest BCUT2D eigenvalue weighted by Crippen LogP contribution is -2.20. The first kappa shape index (κ1) is 11.4. The fraction of sp³-hybridized carbons (Fsp3) is 0.200. The van der Waals surface area contributed by atoms with E-state index < -0.39 is 18.8 Å². The molecule has 0 aromatic carbocycles. The largest absolute Gasteiger partial charge is 0.450 e. The molecule has 0 saturated carbocycles. The number of ether oxygens (including phenoxy) is 1. The fourth-order valence-corrected chi connectivity index (χ4v) is 1.20. The molecular weight excluding hydrogens is 239 g/mol. The van der Waals surface area contributed by atoms with Crippen LogP contribution < -0.4 is 0 Å². The lowest BCUT2D eigenvalue weighted by Gasteiger charge is -2.05. The van der Waals surface area contributed by atoms with Gasteiger partial charge in [-0.3, -0.25) is 4.98 Å². The van der Waals surface area contributed by atoms with Gasteiger partial charge in [0, 0.05) is 23.8 Å². The molecule has 0 aliphatic heterocycles. The minimum Gasteiger partial charge on any atom is -0.450 e. The number of alkyl halides is 3. The molecule has 0 atom stereocenters. The Hall–Kier alpha value is -2.05. The second-order valence-corrected chi connectivity index (χ2v) is 3.22. The molecule has 0 amide bonds. The van der Waals surface area contributed by atoms with Crippen LogP contribution in [0, 0.1) is 0 Å². The van der Waals surface area contributed by atoms with Gasteiger partial charge in [-0.05, 0) is 6.07 Å². The Morgan fingerprint density at radius 3 is 2.88 bits per heavy atom. The zero-order chi connectivity index (χ0) is 12.5. The van der Waals surface area contributed by atoms with E-state index in [2.05, 4.69) is 9.72 Å². The molecule has 2 heterocycles. The number of esters is 1. The Balaban J connectivity index is 2.14. The summed E-state index contributed by atoms with van der Waals surface area (Å²) in [6, 6.07) is 2.77. The molecule has 0 radical (unpaired) electrons. The van der Waals surface area contributed by atoms with E-state index in [1.165, 1.54) is 24.5 Å². The van der Waals surface area contributed by atoms with Crippen LogP contribution in [0.25, 0.3) is 11.0 Å². The lowest BCUT2D eigenvalue weighted by molar-refractivity contribution is -0.161. The van der Waals surface area contributed by atoms with Crippen LogP contribution in [0.1, 0.15) is 10.6 Å². The van der Waals surface area contributed by atoms with Gasteiger partial charge in [-0.2, -0.15) is 13.2 Å². The van der Waals surface area contributed by atoms with Crippen LogP contribution in [0.2, 0.25) is 0 Å². The van der Waals surface area contributed by atoms with Gasteiger partial charge in [0.1, 0.15) is 5.58 Å². The molecule has 2 rings (SSSR count). The lowest BCUT2D eigenvalue weighted by atomic mass is 10.3. The number of pyridine rings is 1. The summed E-state index contributed by atoms with van der Waals surface area (Å²) in [7, 11) is 0. The molecule has 0 unspecified atom stereocenters. The van der Waals surface area contributed by atoms with Gasteiger partial charge in [0.05, 0.1) is 0 Å². The van der Waals surface area contributed by atoms with Gasteiger partial charge in [0.15, 0.2) is 6.61 Å². The predicted molar refractivity (Wildman–Crippen MR) is 50.3 cm³/mol. The second-order valence-electron chi connectivity index (χ2n) is 3.22. The van der Waals surface area contributed by atoms with Crippen molar-refractivity contribution in [3.8, 4) is 0 Å². The van der Waals surface area contributed by atoms with Crippen LogP contribution in [0.5, 0.6) is 0 Å². The molecule has 0 fully saturated rings. The number of halogens is 3. The van der Waals surface area contributed by atoms with E-state index in [1.54, 1.807) is 0 Å². The molecule has 17 heavy (non-hydrogen) atoms. The molecule has 0 aliphatic carbocycles. The number of hydrogen-bond donors (Lipinski definition) is 0. The maximum atomic E-state index is 11.8. The van der Waals surface area contributed by atoms with Gasteiger partial charge in [-0.1, -0.05) is 0 Å². The quantitative estimate of drug-likeness (QED) is 0.763. The SMILES string of the molecule is O=C(OCC(F)(F)F)c1cc2cnccc2o1. The number of fused-ring (bicyclic) bond motifs is 1. The van der Waals surface area contributed by atoms with Crippen molar-refractivity contribution >= 4 is 16.9 Å². The van der Waals surface area contributed by atoms with Crippen LogP contribution in [0.4, 0.5) is 13.2 Å². The molecule has 4 nitrogen and oxygen atoms in total. The summed E-state index contributed by atoms with van der Waals surface area (Å²) in [4.78, 5) is 15.0. The van der Waals surface area contributed by atoms with E-state index in [-0.39, 0.29) is 5.76 Å². The van der Waals surface area contributed by atoms with Crippen molar-refractivity contribution < 1.29 is 27.1 Å². The Labute approximate surface area is 93.0 Å². The highest BCUT2D eigenvalue weighted by atomic mass is 19.4. The van der Waals surface area contributed by atoms with Crippen LogP contribution >= 0.6 is 0 Å². The van der Waals surface area contributed by atoms with Gasteiger partial charge in [-0.15, -0.1) is 0 Å². The van der Waals surface area contributed by atoms with E-state index in [0.717, 1.165) is 0 Å². The average molecular weight is 245 g/mol. The van der Waals surface area contributed by atoms with Crippen molar-refractivity contribution in [2.45, 2.75) is 6.18 Å². The van der Waals surface area contributed by atoms with Gasteiger partial charge >= 0.3 is 12.1 Å². The number of furan rings is 1. The molecule has 0 bridgehead atoms. The average Bonchev–Trinajstić information content (AvgIpc) is 2.68. The van der Waals surface area contributed by atoms with E-state index in [9.17, 15) is 18.0 Å². The minimum absolute atomic E-state index is 0.280. The van der Waals surface area contributed by atoms with Gasteiger partial charge < -0.3 is 9.15 Å². The predicted octanol–water partition coefficient (Wildman–Crippen LogP) is 2.55. The van der Waals surface area contributed by atoms with Crippen LogP contribution in [0.15, 0.2) is 28.9 Å². The summed E-state index contributed by atoms with van der Waals surface area (Å²) in [5.41, 5.74) is 0.360. The van der Waals surface area contributed by atoms with Gasteiger partial charge in [0.2, 0.25) is 5.76 Å². The first-order valence-corrected chi connectivity index (χ1v) is 4.53. The van der Waals surface area contributed by atoms with Gasteiger partial charge in [0.25, 0.3) is 0 Å². The molecule has 0 spiro atoms. The summed E-state index contributed by atoms with van der Waals surface area (Å²) in [6.45, 7) is -1.64. The molecule has 0 aliphatic rings. The number of aromatic nitrogens is 1. The summed E-state index contributed by atoms with van der Waals surface area (Å²) < 4.78 is 44.5. The van der Waals surface area contributed by atoms with Crippen molar-refractivity contribution in [3.63, 3.8) is 0 Å². The molecule has 0 saturated heterocycles. The third-order valence-corrected chi connectivity index (χ3v) is 1.88. The molecule has 90 valence electrons. The summed E-state index contributed by atoms with van der Waals surface area (Å²) in [5.74, 6) is -1.43. The fourth-order valence-electron chi connectivity index (χ4n) is 1.20. The molecule has 2 aromatic heterocycles. The molecular formula is C10H6F3NO3. The van der Waals surface area contributed by atoms with Crippen molar-refractivity contribution in [2.24, 2.45) is 0 Å². The highest BCUT2D eigenvalue weighted by Crippen LogP contribution is 2.20. The summed E-state index contributed by atoms with van der Waals surface area (Å²) >= 11 is 0. The third-order valence-electron chi connectivity index (χ3n) is 1.88. The van der Waals surface area contributed by atoms with E-state index in [1.807, 2.05) is 0 Å². The number of carbonyl (C=O) groups excluding carboxylic acids is 1. The van der Waals surface area contributed by atoms with Crippen molar-refractivity contribution in [2.75, 3.05) is 6.61 Å². The smallest absolute Gasteiger partial charge is 0.422 e. The van der Waals surface area contributed by atoms with Crippen LogP contribution in [-0.4, -0.2) is 23.7 Å². The van der Waals surface area contributed by atoms with Gasteiger partial charge in [-0.25, -0.2) is 4.79 Å². The Bertz CT molecular complexity index is 514. The highest BCUT2D eigenvalue weighted by molar-refractivity contribution is 5.92. The highest BCUT2D eigenvalue weighted by Gasteiger charge is 2.30. The Morgan fingerprint density at radius 2 is 2.24 bits per heavy atom. The first-order valence-electron chi connectivity index (χ1n) is 4.53. The number of carbonyl (C=O) groups is 1. The molecule has 7 heteroatoms. The maximum absolute atomic E-state index is 11.8. The maximum Gasteiger partial charge on any atom is 0.422 e. The Kier molecular flexibility index (Phi) is 2.74. The third kappa shape index (κ3) is 2.74. The summed E-state index contributed by atoms with van der Waals surface area (Å²) in [6.07, 6.45) is -1.68. The van der Waals surface area contributed by atoms with E-state index >= 15 is 0 Å². The monoisotopic (exact) mass is 245 g/mol. The van der Waals surface area contributed by atoms with Crippen molar-refractivity contribution in [1.82, 2.24) is 4.98 Å². The van der Waals surface area contributed by atoms with E-state index in [0.29, 0.717) is 11.0 Å². The van der Waals surface area contributed by atoms with Crippen molar-refractivity contribution in [3.05, 3.63) is 30.3 Å². The molecule has 2 aromatic rings. The summed E-state index contributed by atoms with van der Waals surface area (Å²) in [5, 5.41) is 0.520. The minimum atomic E-state index is -4.55. The van der Waals surface area contributed by atoms with Crippen LogP contribution in [-0.2, 0) is 4.74 Å². The topological polar surface area (TPSA) is 52.3 Å². The van der Waals surface area contributed by atoms with Crippen LogP contribution in [0.3, 0.4) is 0 Å². The zero-order valence-corrected chi connectivity index (χ0v) is 8.32. The normalized spacial score (nSPS) is 11.7. The molecule has 0 N–H and O–H groups in total. The standard InChI is InChI=1S/C10H6F3NO3/c11-10(12,13)5-16-9(15)8-3-6-4-14-2-1-7(6)17-8/h1-4H,5H2.